The van der Waals surface area contributed by atoms with E-state index < -0.39 is 12.0 Å². The molecule has 0 atom stereocenters. The molecular formula is C17H21N3O3. The molecule has 0 unspecified atom stereocenters. The number of aromatic carboxylic acids is 1. The van der Waals surface area contributed by atoms with Crippen molar-refractivity contribution < 1.29 is 14.7 Å². The second-order valence-electron chi connectivity index (χ2n) is 6.47. The molecule has 1 aromatic heterocycles. The monoisotopic (exact) mass is 315 g/mol. The number of hydrogen-bond acceptors (Lipinski definition) is 2. The summed E-state index contributed by atoms with van der Waals surface area (Å²) in [6, 6.07) is 8.49. The standard InChI is InChI=1S/C17H21N3O3/c1-10-5-7-11(8-6-10)18-16(23)19-12-9-13(17(2,3)4)20-14(12)15(21)22/h5-9,20H,1-4H3,(H,21,22)(H2,18,19,23). The molecule has 4 N–H and O–H groups in total. The van der Waals surface area contributed by atoms with E-state index in [2.05, 4.69) is 15.6 Å². The third-order valence-corrected chi connectivity index (χ3v) is 3.40. The average Bonchev–Trinajstić information content (AvgIpc) is 2.85. The molecule has 6 heteroatoms. The normalized spacial score (nSPS) is 11.1. The summed E-state index contributed by atoms with van der Waals surface area (Å²) >= 11 is 0. The van der Waals surface area contributed by atoms with Crippen LogP contribution < -0.4 is 10.6 Å². The molecule has 2 aromatic rings. The predicted molar refractivity (Wildman–Crippen MR) is 90.3 cm³/mol. The summed E-state index contributed by atoms with van der Waals surface area (Å²) in [5.41, 5.74) is 2.42. The summed E-state index contributed by atoms with van der Waals surface area (Å²) in [5, 5.41) is 14.5. The molecule has 0 radical (unpaired) electrons. The maximum absolute atomic E-state index is 12.1. The Kier molecular flexibility index (Phi) is 4.45. The number of carbonyl (C=O) groups is 2. The number of carboxylic acid groups (broad SMARTS) is 1. The van der Waals surface area contributed by atoms with Crippen LogP contribution in [0.1, 0.15) is 42.5 Å². The van der Waals surface area contributed by atoms with Crippen molar-refractivity contribution in [2.45, 2.75) is 33.1 Å². The van der Waals surface area contributed by atoms with Crippen LogP contribution in [0.25, 0.3) is 0 Å². The van der Waals surface area contributed by atoms with Gasteiger partial charge in [0.25, 0.3) is 0 Å². The second kappa shape index (κ2) is 6.16. The zero-order valence-corrected chi connectivity index (χ0v) is 13.7. The largest absolute Gasteiger partial charge is 0.477 e. The highest BCUT2D eigenvalue weighted by Gasteiger charge is 2.22. The van der Waals surface area contributed by atoms with E-state index in [0.717, 1.165) is 11.3 Å². The number of H-pyrrole nitrogens is 1. The summed E-state index contributed by atoms with van der Waals surface area (Å²) in [6.07, 6.45) is 0. The van der Waals surface area contributed by atoms with Gasteiger partial charge in [-0.3, -0.25) is 0 Å². The number of carbonyl (C=O) groups excluding carboxylic acids is 1. The number of nitrogens with one attached hydrogen (secondary N) is 3. The topological polar surface area (TPSA) is 94.2 Å². The highest BCUT2D eigenvalue weighted by Crippen LogP contribution is 2.27. The molecule has 1 heterocycles. The molecule has 0 aliphatic rings. The van der Waals surface area contributed by atoms with Gasteiger partial charge in [0.05, 0.1) is 5.69 Å². The van der Waals surface area contributed by atoms with Crippen molar-refractivity contribution in [3.8, 4) is 0 Å². The van der Waals surface area contributed by atoms with Crippen molar-refractivity contribution >= 4 is 23.4 Å². The van der Waals surface area contributed by atoms with Crippen molar-refractivity contribution in [3.63, 3.8) is 0 Å². The molecule has 0 aliphatic heterocycles. The third-order valence-electron chi connectivity index (χ3n) is 3.40. The maximum atomic E-state index is 12.1. The summed E-state index contributed by atoms with van der Waals surface area (Å²) in [7, 11) is 0. The van der Waals surface area contributed by atoms with Gasteiger partial charge in [-0.25, -0.2) is 9.59 Å². The number of aryl methyl sites for hydroxylation is 1. The average molecular weight is 315 g/mol. The van der Waals surface area contributed by atoms with E-state index >= 15 is 0 Å². The fourth-order valence-corrected chi connectivity index (χ4v) is 2.05. The molecule has 6 nitrogen and oxygen atoms in total. The summed E-state index contributed by atoms with van der Waals surface area (Å²) in [4.78, 5) is 26.3. The zero-order valence-electron chi connectivity index (χ0n) is 13.7. The Morgan fingerprint density at radius 1 is 1.09 bits per heavy atom. The highest BCUT2D eigenvalue weighted by atomic mass is 16.4. The third kappa shape index (κ3) is 4.12. The van der Waals surface area contributed by atoms with Crippen LogP contribution in [0.4, 0.5) is 16.2 Å². The molecule has 0 fully saturated rings. The molecule has 0 aliphatic carbocycles. The molecule has 23 heavy (non-hydrogen) atoms. The summed E-state index contributed by atoms with van der Waals surface area (Å²) in [6.45, 7) is 7.83. The number of urea groups is 1. The van der Waals surface area contributed by atoms with Crippen LogP contribution >= 0.6 is 0 Å². The van der Waals surface area contributed by atoms with Crippen LogP contribution in [0.5, 0.6) is 0 Å². The zero-order chi connectivity index (χ0) is 17.2. The molecule has 0 bridgehead atoms. The summed E-state index contributed by atoms with van der Waals surface area (Å²) < 4.78 is 0. The fourth-order valence-electron chi connectivity index (χ4n) is 2.05. The Balaban J connectivity index is 2.18. The van der Waals surface area contributed by atoms with Gasteiger partial charge in [-0.2, -0.15) is 0 Å². The lowest BCUT2D eigenvalue weighted by atomic mass is 9.92. The first-order chi connectivity index (χ1) is 10.7. The lowest BCUT2D eigenvalue weighted by Gasteiger charge is -2.15. The number of aromatic nitrogens is 1. The quantitative estimate of drug-likeness (QED) is 0.690. The van der Waals surface area contributed by atoms with Crippen molar-refractivity contribution in [2.24, 2.45) is 0 Å². The van der Waals surface area contributed by atoms with Gasteiger partial charge in [0.15, 0.2) is 0 Å². The lowest BCUT2D eigenvalue weighted by Crippen LogP contribution is -2.20. The van der Waals surface area contributed by atoms with E-state index in [1.165, 1.54) is 0 Å². The molecule has 0 saturated carbocycles. The number of aromatic amines is 1. The van der Waals surface area contributed by atoms with Crippen LogP contribution in [-0.4, -0.2) is 22.1 Å². The first kappa shape index (κ1) is 16.6. The molecular weight excluding hydrogens is 294 g/mol. The molecule has 1 aromatic carbocycles. The van der Waals surface area contributed by atoms with Crippen LogP contribution in [0.2, 0.25) is 0 Å². The summed E-state index contributed by atoms with van der Waals surface area (Å²) in [5.74, 6) is -1.12. The number of hydrogen-bond donors (Lipinski definition) is 4. The molecule has 2 amide bonds. The van der Waals surface area contributed by atoms with Gasteiger partial charge in [-0.1, -0.05) is 38.5 Å². The van der Waals surface area contributed by atoms with Crippen LogP contribution in [0.3, 0.4) is 0 Å². The van der Waals surface area contributed by atoms with E-state index in [1.54, 1.807) is 18.2 Å². The minimum atomic E-state index is -1.12. The van der Waals surface area contributed by atoms with Gasteiger partial charge >= 0.3 is 12.0 Å². The molecule has 0 spiro atoms. The van der Waals surface area contributed by atoms with Crippen molar-refractivity contribution in [1.82, 2.24) is 4.98 Å². The molecule has 2 rings (SSSR count). The van der Waals surface area contributed by atoms with Crippen molar-refractivity contribution in [1.29, 1.82) is 0 Å². The predicted octanol–water partition coefficient (Wildman–Crippen LogP) is 3.96. The number of amides is 2. The Morgan fingerprint density at radius 3 is 2.22 bits per heavy atom. The van der Waals surface area contributed by atoms with Gasteiger partial charge in [0.2, 0.25) is 0 Å². The SMILES string of the molecule is Cc1ccc(NC(=O)Nc2cc(C(C)(C)C)[nH]c2C(=O)O)cc1. The van der Waals surface area contributed by atoms with Gasteiger partial charge in [0.1, 0.15) is 5.69 Å². The lowest BCUT2D eigenvalue weighted by molar-refractivity contribution is 0.0692. The first-order valence-corrected chi connectivity index (χ1v) is 7.28. The van der Waals surface area contributed by atoms with Gasteiger partial charge < -0.3 is 20.7 Å². The number of rotatable bonds is 3. The van der Waals surface area contributed by atoms with Crippen LogP contribution in [0.15, 0.2) is 30.3 Å². The van der Waals surface area contributed by atoms with Gasteiger partial charge in [-0.15, -0.1) is 0 Å². The molecule has 122 valence electrons. The number of anilines is 2. The van der Waals surface area contributed by atoms with E-state index in [1.807, 2.05) is 39.8 Å². The Labute approximate surface area is 134 Å². The van der Waals surface area contributed by atoms with Crippen molar-refractivity contribution in [3.05, 3.63) is 47.3 Å². The smallest absolute Gasteiger partial charge is 0.354 e. The van der Waals surface area contributed by atoms with Crippen molar-refractivity contribution in [2.75, 3.05) is 10.6 Å². The second-order valence-corrected chi connectivity index (χ2v) is 6.47. The number of carboxylic acids is 1. The van der Waals surface area contributed by atoms with E-state index in [-0.39, 0.29) is 16.8 Å². The number of benzene rings is 1. The van der Waals surface area contributed by atoms with Gasteiger partial charge in [-0.05, 0) is 25.1 Å². The van der Waals surface area contributed by atoms with Gasteiger partial charge in [0, 0.05) is 16.8 Å². The fraction of sp³-hybridized carbons (Fsp3) is 0.294. The highest BCUT2D eigenvalue weighted by molar-refractivity contribution is 6.04. The first-order valence-electron chi connectivity index (χ1n) is 7.28. The van der Waals surface area contributed by atoms with E-state index in [0.29, 0.717) is 5.69 Å². The van der Waals surface area contributed by atoms with Crippen LogP contribution in [-0.2, 0) is 5.41 Å². The van der Waals surface area contributed by atoms with E-state index in [9.17, 15) is 14.7 Å². The Hall–Kier alpha value is -2.76. The Morgan fingerprint density at radius 2 is 1.70 bits per heavy atom. The molecule has 0 saturated heterocycles. The minimum Gasteiger partial charge on any atom is -0.477 e. The Bertz CT molecular complexity index is 725. The van der Waals surface area contributed by atoms with Crippen LogP contribution in [0, 0.1) is 6.92 Å². The van der Waals surface area contributed by atoms with E-state index in [4.69, 9.17) is 0 Å². The minimum absolute atomic E-state index is 0.0334. The maximum Gasteiger partial charge on any atom is 0.354 e.